The van der Waals surface area contributed by atoms with Crippen molar-refractivity contribution in [3.8, 4) is 0 Å². The first-order valence-electron chi connectivity index (χ1n) is 13.3. The van der Waals surface area contributed by atoms with Gasteiger partial charge in [-0.3, -0.25) is 0 Å². The molecule has 9 bridgehead atoms. The van der Waals surface area contributed by atoms with Gasteiger partial charge in [-0.1, -0.05) is 78.9 Å². The Labute approximate surface area is 229 Å². The van der Waals surface area contributed by atoms with E-state index in [9.17, 15) is 0 Å². The lowest BCUT2D eigenvalue weighted by atomic mass is 10.0. The first kappa shape index (κ1) is 22.4. The summed E-state index contributed by atoms with van der Waals surface area (Å²) in [6.07, 6.45) is 1.96. The number of hydrogen-bond donors (Lipinski definition) is 0. The largest absolute Gasteiger partial charge is 0.287 e. The summed E-state index contributed by atoms with van der Waals surface area (Å²) in [5.74, 6) is 0. The van der Waals surface area contributed by atoms with Crippen LogP contribution >= 0.6 is 11.3 Å². The first-order chi connectivity index (χ1) is 19.1. The van der Waals surface area contributed by atoms with Gasteiger partial charge in [-0.25, -0.2) is 4.57 Å². The van der Waals surface area contributed by atoms with Gasteiger partial charge in [-0.2, -0.15) is 0 Å². The minimum absolute atomic E-state index is 1.07. The molecule has 0 aliphatic rings. The van der Waals surface area contributed by atoms with Crippen molar-refractivity contribution in [3.63, 3.8) is 0 Å². The quantitative estimate of drug-likeness (QED) is 0.183. The summed E-state index contributed by atoms with van der Waals surface area (Å²) in [6.45, 7) is 2.21. The fraction of sp³-hybridized carbons (Fsp3) is 0.0556. The Kier molecular flexibility index (Phi) is 4.85. The van der Waals surface area contributed by atoms with E-state index in [0.29, 0.717) is 0 Å². The molecule has 0 fully saturated rings. The third-order valence-corrected chi connectivity index (χ3v) is 9.17. The van der Waals surface area contributed by atoms with Gasteiger partial charge in [0.1, 0.15) is 4.70 Å². The summed E-state index contributed by atoms with van der Waals surface area (Å²) in [5, 5.41) is 12.3. The number of rotatable bonds is 0. The highest BCUT2D eigenvalue weighted by molar-refractivity contribution is 7.26. The third-order valence-electron chi connectivity index (χ3n) is 8.03. The number of aryl methyl sites for hydroxylation is 2. The third kappa shape index (κ3) is 3.47. The van der Waals surface area contributed by atoms with E-state index in [1.807, 2.05) is 17.7 Å². The lowest BCUT2D eigenvalue weighted by Crippen LogP contribution is -2.29. The Morgan fingerprint density at radius 2 is 1.18 bits per heavy atom. The molecule has 0 radical (unpaired) electrons. The van der Waals surface area contributed by atoms with Crippen LogP contribution in [0, 0.1) is 6.92 Å². The maximum atomic E-state index is 4.91. The fourth-order valence-electron chi connectivity index (χ4n) is 6.00. The normalized spacial score (nSPS) is 11.8. The molecule has 3 heterocycles. The highest BCUT2D eigenvalue weighted by atomic mass is 32.1. The number of aromatic nitrogens is 2. The van der Waals surface area contributed by atoms with Crippen LogP contribution in [0.3, 0.4) is 0 Å². The van der Waals surface area contributed by atoms with E-state index in [4.69, 9.17) is 4.98 Å². The molecule has 0 spiro atoms. The molecule has 0 saturated carbocycles. The molecule has 8 aromatic rings. The van der Waals surface area contributed by atoms with E-state index in [1.54, 1.807) is 0 Å². The molecule has 39 heavy (non-hydrogen) atoms. The predicted molar refractivity (Wildman–Crippen MR) is 168 cm³/mol. The zero-order chi connectivity index (χ0) is 26.1. The molecule has 0 amide bonds. The van der Waals surface area contributed by atoms with Gasteiger partial charge in [0.25, 0.3) is 6.33 Å². The fourth-order valence-corrected chi connectivity index (χ4v) is 7.29. The van der Waals surface area contributed by atoms with Crippen molar-refractivity contribution in [2.24, 2.45) is 7.05 Å². The number of nitrogens with zero attached hydrogens (tertiary/aromatic N) is 2. The van der Waals surface area contributed by atoms with Crippen molar-refractivity contribution in [2.75, 3.05) is 0 Å². The van der Waals surface area contributed by atoms with Gasteiger partial charge in [0.15, 0.2) is 5.52 Å². The van der Waals surface area contributed by atoms with Crippen molar-refractivity contribution in [3.05, 3.63) is 121 Å². The molecule has 0 unspecified atom stereocenters. The average Bonchev–Trinajstić information content (AvgIpc) is 3.35. The second-order valence-electron chi connectivity index (χ2n) is 10.4. The summed E-state index contributed by atoms with van der Waals surface area (Å²) in [7, 11) is 2.11. The Morgan fingerprint density at radius 1 is 0.564 bits per heavy atom. The van der Waals surface area contributed by atoms with Gasteiger partial charge >= 0.3 is 0 Å². The Bertz CT molecular complexity index is 2360. The molecular weight excluding hydrogens is 492 g/mol. The van der Waals surface area contributed by atoms with Crippen LogP contribution in [0.5, 0.6) is 0 Å². The van der Waals surface area contributed by atoms with E-state index in [1.165, 1.54) is 74.3 Å². The SMILES string of the molecule is Cc1ccc2cc1c1c3sc4cc(ccc4c3nc[n+]1C)c1ccccc1c1cccc(c1)c1cccc2c1. The van der Waals surface area contributed by atoms with Crippen LogP contribution in [-0.4, -0.2) is 4.98 Å². The van der Waals surface area contributed by atoms with Crippen LogP contribution < -0.4 is 4.57 Å². The van der Waals surface area contributed by atoms with Crippen LogP contribution in [0.15, 0.2) is 116 Å². The lowest BCUT2D eigenvalue weighted by molar-refractivity contribution is -0.646. The molecule has 0 saturated heterocycles. The molecule has 3 aromatic heterocycles. The highest BCUT2D eigenvalue weighted by Gasteiger charge is 2.17. The Morgan fingerprint density at radius 3 is 1.92 bits per heavy atom. The van der Waals surface area contributed by atoms with E-state index >= 15 is 0 Å². The summed E-state index contributed by atoms with van der Waals surface area (Å²) in [5.41, 5.74) is 3.55. The van der Waals surface area contributed by atoms with Crippen molar-refractivity contribution in [1.29, 1.82) is 0 Å². The maximum Gasteiger partial charge on any atom is 0.287 e. The molecule has 2 nitrogen and oxygen atoms in total. The second kappa shape index (κ2) is 8.45. The molecule has 8 rings (SSSR count). The van der Waals surface area contributed by atoms with E-state index in [0.717, 1.165) is 5.52 Å². The number of thiophene rings is 1. The van der Waals surface area contributed by atoms with Gasteiger partial charge in [-0.05, 0) is 90.9 Å². The molecule has 184 valence electrons. The average molecular weight is 518 g/mol. The minimum atomic E-state index is 1.07. The highest BCUT2D eigenvalue weighted by Crippen LogP contribution is 2.37. The van der Waals surface area contributed by atoms with Crippen molar-refractivity contribution >= 4 is 85.6 Å². The summed E-state index contributed by atoms with van der Waals surface area (Å²) >= 11 is 1.84. The van der Waals surface area contributed by atoms with Crippen molar-refractivity contribution < 1.29 is 4.57 Å². The Balaban J connectivity index is 1.70. The zero-order valence-corrected chi connectivity index (χ0v) is 22.6. The second-order valence-corrected chi connectivity index (χ2v) is 11.5. The smallest absolute Gasteiger partial charge is 0.231 e. The minimum Gasteiger partial charge on any atom is -0.231 e. The van der Waals surface area contributed by atoms with Crippen LogP contribution in [0.2, 0.25) is 0 Å². The van der Waals surface area contributed by atoms with Gasteiger partial charge in [0, 0.05) is 15.5 Å². The van der Waals surface area contributed by atoms with Crippen molar-refractivity contribution in [2.45, 2.75) is 6.92 Å². The molecule has 0 aliphatic carbocycles. The first-order valence-corrected chi connectivity index (χ1v) is 14.1. The Hall–Kier alpha value is -4.60. The molecule has 0 atom stereocenters. The van der Waals surface area contributed by atoms with Gasteiger partial charge in [0.2, 0.25) is 5.52 Å². The summed E-state index contributed by atoms with van der Waals surface area (Å²) in [4.78, 5) is 4.91. The maximum absolute atomic E-state index is 4.91. The molecule has 0 aliphatic heterocycles. The topological polar surface area (TPSA) is 16.8 Å². The predicted octanol–water partition coefficient (Wildman–Crippen LogP) is 9.47. The van der Waals surface area contributed by atoms with Crippen molar-refractivity contribution in [1.82, 2.24) is 4.98 Å². The monoisotopic (exact) mass is 517 g/mol. The molecule has 0 N–H and O–H groups in total. The summed E-state index contributed by atoms with van der Waals surface area (Å²) < 4.78 is 4.66. The summed E-state index contributed by atoms with van der Waals surface area (Å²) in [6, 6.07) is 40.3. The van der Waals surface area contributed by atoms with Crippen LogP contribution in [0.25, 0.3) is 74.3 Å². The molecular formula is C36H25N2S+. The zero-order valence-electron chi connectivity index (χ0n) is 21.8. The van der Waals surface area contributed by atoms with Crippen LogP contribution in [0.4, 0.5) is 0 Å². The van der Waals surface area contributed by atoms with E-state index in [-0.39, 0.29) is 0 Å². The molecule has 3 heteroatoms. The lowest BCUT2D eigenvalue weighted by Gasteiger charge is -2.04. The number of hydrogen-bond acceptors (Lipinski definition) is 2. The molecule has 5 aromatic carbocycles. The standard InChI is InChI=1S/C36H25N2S/c1-22-13-14-26-19-32(22)35-36-34(37-21-38(35)2)31-16-15-28(20-33(31)39-36)30-12-4-3-11-29(30)27-10-6-9-25(18-27)23-7-5-8-24(26)17-23/h3-21H,1-2H3/q+1. The number of benzene rings is 5. The van der Waals surface area contributed by atoms with Crippen LogP contribution in [0.1, 0.15) is 5.56 Å². The van der Waals surface area contributed by atoms with Gasteiger partial charge < -0.3 is 0 Å². The van der Waals surface area contributed by atoms with E-state index in [2.05, 4.69) is 128 Å². The van der Waals surface area contributed by atoms with E-state index < -0.39 is 0 Å². The number of fused-ring (bicyclic) bond motifs is 14. The van der Waals surface area contributed by atoms with Gasteiger partial charge in [0.05, 0.1) is 7.05 Å². The van der Waals surface area contributed by atoms with Crippen LogP contribution in [-0.2, 0) is 7.05 Å². The van der Waals surface area contributed by atoms with Gasteiger partial charge in [-0.15, -0.1) is 11.3 Å².